The summed E-state index contributed by atoms with van der Waals surface area (Å²) in [6, 6.07) is 8.65. The Labute approximate surface area is 104 Å². The molecule has 94 valence electrons. The van der Waals surface area contributed by atoms with Gasteiger partial charge >= 0.3 is 0 Å². The Morgan fingerprint density at radius 1 is 0.833 bits per heavy atom. The maximum Gasteiger partial charge on any atom is 0.172 e. The normalized spacial score (nSPS) is 10.2. The first-order chi connectivity index (χ1) is 8.67. The molecule has 0 aliphatic carbocycles. The van der Waals surface area contributed by atoms with Crippen LogP contribution in [0.1, 0.15) is 0 Å². The fraction of sp³-hybridized carbons (Fsp3) is 0.143. The van der Waals surface area contributed by atoms with Crippen molar-refractivity contribution in [1.29, 1.82) is 0 Å². The fourth-order valence-electron chi connectivity index (χ4n) is 1.77. The smallest absolute Gasteiger partial charge is 0.172 e. The van der Waals surface area contributed by atoms with Gasteiger partial charge in [-0.3, -0.25) is 0 Å². The SMILES string of the molecule is COc1ccc(F)cc1-c1cccc(OC)c1F. The van der Waals surface area contributed by atoms with E-state index in [9.17, 15) is 8.78 Å². The molecule has 18 heavy (non-hydrogen) atoms. The third-order valence-electron chi connectivity index (χ3n) is 2.63. The summed E-state index contributed by atoms with van der Waals surface area (Å²) < 4.78 is 37.4. The van der Waals surface area contributed by atoms with E-state index in [-0.39, 0.29) is 11.3 Å². The second kappa shape index (κ2) is 5.04. The lowest BCUT2D eigenvalue weighted by molar-refractivity contribution is 0.387. The van der Waals surface area contributed by atoms with Gasteiger partial charge in [0.2, 0.25) is 0 Å². The number of hydrogen-bond acceptors (Lipinski definition) is 2. The third-order valence-corrected chi connectivity index (χ3v) is 2.63. The van der Waals surface area contributed by atoms with Crippen molar-refractivity contribution in [3.63, 3.8) is 0 Å². The molecule has 0 aliphatic rings. The Kier molecular flexibility index (Phi) is 3.46. The van der Waals surface area contributed by atoms with Crippen LogP contribution >= 0.6 is 0 Å². The second-order valence-corrected chi connectivity index (χ2v) is 3.67. The highest BCUT2D eigenvalue weighted by atomic mass is 19.1. The van der Waals surface area contributed by atoms with Gasteiger partial charge in [-0.2, -0.15) is 0 Å². The van der Waals surface area contributed by atoms with Gasteiger partial charge in [0.1, 0.15) is 11.6 Å². The molecule has 0 aromatic heterocycles. The maximum atomic E-state index is 14.1. The Hall–Kier alpha value is -2.10. The molecule has 2 nitrogen and oxygen atoms in total. The van der Waals surface area contributed by atoms with Gasteiger partial charge < -0.3 is 9.47 Å². The molecule has 0 unspecified atom stereocenters. The van der Waals surface area contributed by atoms with Crippen molar-refractivity contribution in [1.82, 2.24) is 0 Å². The molecule has 0 fully saturated rings. The lowest BCUT2D eigenvalue weighted by Crippen LogP contribution is -1.94. The molecule has 0 N–H and O–H groups in total. The first-order valence-corrected chi connectivity index (χ1v) is 5.33. The summed E-state index contributed by atoms with van der Waals surface area (Å²) in [6.07, 6.45) is 0. The third kappa shape index (κ3) is 2.14. The molecule has 0 bridgehead atoms. The maximum absolute atomic E-state index is 14.1. The van der Waals surface area contributed by atoms with Gasteiger partial charge in [-0.15, -0.1) is 0 Å². The summed E-state index contributed by atoms with van der Waals surface area (Å²) in [4.78, 5) is 0. The molecule has 2 aromatic rings. The van der Waals surface area contributed by atoms with E-state index in [1.807, 2.05) is 0 Å². The summed E-state index contributed by atoms with van der Waals surface area (Å²) in [7, 11) is 2.83. The van der Waals surface area contributed by atoms with Crippen molar-refractivity contribution in [2.75, 3.05) is 14.2 Å². The second-order valence-electron chi connectivity index (χ2n) is 3.67. The van der Waals surface area contributed by atoms with Crippen molar-refractivity contribution in [3.05, 3.63) is 48.0 Å². The molecule has 0 amide bonds. The first-order valence-electron chi connectivity index (χ1n) is 5.33. The van der Waals surface area contributed by atoms with Crippen LogP contribution in [0.4, 0.5) is 8.78 Å². The molecular weight excluding hydrogens is 238 g/mol. The lowest BCUT2D eigenvalue weighted by atomic mass is 10.0. The summed E-state index contributed by atoms with van der Waals surface area (Å²) in [5.74, 6) is -0.473. The minimum Gasteiger partial charge on any atom is -0.496 e. The zero-order valence-electron chi connectivity index (χ0n) is 10.0. The van der Waals surface area contributed by atoms with E-state index < -0.39 is 11.6 Å². The van der Waals surface area contributed by atoms with E-state index in [1.165, 1.54) is 38.5 Å². The van der Waals surface area contributed by atoms with Gasteiger partial charge in [-0.1, -0.05) is 12.1 Å². The number of methoxy groups -OCH3 is 2. The average Bonchev–Trinajstić information content (AvgIpc) is 2.39. The van der Waals surface area contributed by atoms with E-state index in [0.29, 0.717) is 11.3 Å². The minimum absolute atomic E-state index is 0.110. The standard InChI is InChI=1S/C14H12F2O2/c1-17-12-7-6-9(15)8-11(12)10-4-3-5-13(18-2)14(10)16/h3-8H,1-2H3. The highest BCUT2D eigenvalue weighted by Crippen LogP contribution is 2.35. The number of benzene rings is 2. The predicted octanol–water partition coefficient (Wildman–Crippen LogP) is 3.65. The lowest BCUT2D eigenvalue weighted by Gasteiger charge is -2.11. The quantitative estimate of drug-likeness (QED) is 0.827. The Morgan fingerprint density at radius 2 is 1.56 bits per heavy atom. The van der Waals surface area contributed by atoms with Gasteiger partial charge in [-0.05, 0) is 24.3 Å². The molecule has 0 spiro atoms. The molecular formula is C14H12F2O2. The topological polar surface area (TPSA) is 18.5 Å². The van der Waals surface area contributed by atoms with E-state index >= 15 is 0 Å². The van der Waals surface area contributed by atoms with E-state index in [1.54, 1.807) is 12.1 Å². The highest BCUT2D eigenvalue weighted by Gasteiger charge is 2.14. The van der Waals surface area contributed by atoms with Crippen LogP contribution in [-0.4, -0.2) is 14.2 Å². The monoisotopic (exact) mass is 250 g/mol. The van der Waals surface area contributed by atoms with Crippen LogP contribution < -0.4 is 9.47 Å². The molecule has 2 rings (SSSR count). The van der Waals surface area contributed by atoms with Crippen molar-refractivity contribution >= 4 is 0 Å². The number of ether oxygens (including phenoxy) is 2. The Balaban J connectivity index is 2.64. The van der Waals surface area contributed by atoms with E-state index in [4.69, 9.17) is 9.47 Å². The fourth-order valence-corrected chi connectivity index (χ4v) is 1.77. The predicted molar refractivity (Wildman–Crippen MR) is 64.9 cm³/mol. The Bertz CT molecular complexity index is 568. The number of rotatable bonds is 3. The number of hydrogen-bond donors (Lipinski definition) is 0. The summed E-state index contributed by atoms with van der Waals surface area (Å²) in [6.45, 7) is 0. The zero-order chi connectivity index (χ0) is 13.1. The molecule has 0 radical (unpaired) electrons. The van der Waals surface area contributed by atoms with Crippen molar-refractivity contribution in [2.24, 2.45) is 0 Å². The molecule has 4 heteroatoms. The summed E-state index contributed by atoms with van der Waals surface area (Å²) >= 11 is 0. The van der Waals surface area contributed by atoms with Crippen LogP contribution in [0.3, 0.4) is 0 Å². The molecule has 0 saturated carbocycles. The zero-order valence-corrected chi connectivity index (χ0v) is 10.0. The molecule has 2 aromatic carbocycles. The van der Waals surface area contributed by atoms with Crippen molar-refractivity contribution in [3.8, 4) is 22.6 Å². The largest absolute Gasteiger partial charge is 0.496 e. The van der Waals surface area contributed by atoms with Crippen LogP contribution in [0, 0.1) is 11.6 Å². The summed E-state index contributed by atoms with van der Waals surface area (Å²) in [5, 5.41) is 0. The van der Waals surface area contributed by atoms with Gasteiger partial charge in [0.15, 0.2) is 11.6 Å². The van der Waals surface area contributed by atoms with Crippen molar-refractivity contribution in [2.45, 2.75) is 0 Å². The van der Waals surface area contributed by atoms with E-state index in [2.05, 4.69) is 0 Å². The van der Waals surface area contributed by atoms with Gasteiger partial charge in [0.05, 0.1) is 14.2 Å². The van der Waals surface area contributed by atoms with Gasteiger partial charge in [0.25, 0.3) is 0 Å². The van der Waals surface area contributed by atoms with Crippen LogP contribution in [0.15, 0.2) is 36.4 Å². The minimum atomic E-state index is -0.538. The first kappa shape index (κ1) is 12.4. The van der Waals surface area contributed by atoms with Crippen LogP contribution in [0.25, 0.3) is 11.1 Å². The average molecular weight is 250 g/mol. The molecule has 0 saturated heterocycles. The van der Waals surface area contributed by atoms with Gasteiger partial charge in [0, 0.05) is 11.1 Å². The van der Waals surface area contributed by atoms with Crippen LogP contribution in [0.2, 0.25) is 0 Å². The van der Waals surface area contributed by atoms with Crippen LogP contribution in [-0.2, 0) is 0 Å². The molecule has 0 heterocycles. The van der Waals surface area contributed by atoms with Crippen molar-refractivity contribution < 1.29 is 18.3 Å². The molecule has 0 atom stereocenters. The Morgan fingerprint density at radius 3 is 2.22 bits per heavy atom. The van der Waals surface area contributed by atoms with E-state index in [0.717, 1.165) is 0 Å². The van der Waals surface area contributed by atoms with Crippen LogP contribution in [0.5, 0.6) is 11.5 Å². The molecule has 0 aliphatic heterocycles. The number of halogens is 2. The summed E-state index contributed by atoms with van der Waals surface area (Å²) in [5.41, 5.74) is 0.597. The highest BCUT2D eigenvalue weighted by molar-refractivity contribution is 5.72. The van der Waals surface area contributed by atoms with Gasteiger partial charge in [-0.25, -0.2) is 8.78 Å².